The molecule has 0 saturated heterocycles. The number of methoxy groups -OCH3 is 6. The molecule has 0 radical (unpaired) electrons. The van der Waals surface area contributed by atoms with E-state index in [1.807, 2.05) is 13.8 Å². The number of halogens is 3. The van der Waals surface area contributed by atoms with Crippen molar-refractivity contribution in [2.45, 2.75) is 132 Å². The Morgan fingerprint density at radius 3 is 0.968 bits per heavy atom. The number of unbranched alkanes of at least 4 members (excludes halogenated alkanes) is 2. The van der Waals surface area contributed by atoms with E-state index in [9.17, 15) is 38.4 Å². The Morgan fingerprint density at radius 1 is 0.452 bits per heavy atom. The third kappa shape index (κ3) is 41.2. The number of alkyl halides is 3. The summed E-state index contributed by atoms with van der Waals surface area (Å²) in [5.41, 5.74) is -1.18. The van der Waals surface area contributed by atoms with Gasteiger partial charge in [-0.2, -0.15) is 0 Å². The first-order chi connectivity index (χ1) is 29.0. The summed E-state index contributed by atoms with van der Waals surface area (Å²) in [5.74, 6) is -4.89. The number of esters is 6. The van der Waals surface area contributed by atoms with Crippen LogP contribution in [0.4, 0.5) is 0 Å². The largest absolute Gasteiger partial charge is 0.481 e. The van der Waals surface area contributed by atoms with Crippen molar-refractivity contribution in [2.24, 2.45) is 35.0 Å². The van der Waals surface area contributed by atoms with Crippen LogP contribution in [0.5, 0.6) is 0 Å². The van der Waals surface area contributed by atoms with Crippen molar-refractivity contribution >= 4 is 95.5 Å². The maximum Gasteiger partial charge on any atom is 0.322 e. The van der Waals surface area contributed by atoms with E-state index >= 15 is 0 Å². The Hall–Kier alpha value is -2.80. The molecule has 0 heterocycles. The molecule has 62 heavy (non-hydrogen) atoms. The molecular formula is C43H79Br3O16. The molecule has 0 fully saturated rings. The summed E-state index contributed by atoms with van der Waals surface area (Å²) in [5, 5.41) is 19.4. The van der Waals surface area contributed by atoms with Crippen LogP contribution in [0, 0.1) is 35.0 Å². The Labute approximate surface area is 396 Å². The first-order valence-electron chi connectivity index (χ1n) is 20.6. The molecular weight excluding hydrogens is 1010 g/mol. The van der Waals surface area contributed by atoms with E-state index in [0.717, 1.165) is 80.2 Å². The predicted molar refractivity (Wildman–Crippen MR) is 249 cm³/mol. The van der Waals surface area contributed by atoms with Crippen molar-refractivity contribution < 1.29 is 77.0 Å². The second-order valence-corrected chi connectivity index (χ2v) is 16.5. The van der Waals surface area contributed by atoms with Gasteiger partial charge < -0.3 is 38.6 Å². The van der Waals surface area contributed by atoms with Crippen molar-refractivity contribution in [2.75, 3.05) is 58.6 Å². The zero-order valence-corrected chi connectivity index (χ0v) is 44.5. The molecule has 19 heteroatoms. The molecule has 2 N–H and O–H groups in total. The van der Waals surface area contributed by atoms with E-state index in [2.05, 4.69) is 90.1 Å². The van der Waals surface area contributed by atoms with Gasteiger partial charge in [0.15, 0.2) is 11.3 Å². The zero-order valence-electron chi connectivity index (χ0n) is 39.7. The first kappa shape index (κ1) is 70.9. The summed E-state index contributed by atoms with van der Waals surface area (Å²) in [6.45, 7) is 14.4. The quantitative estimate of drug-likeness (QED) is 0.0420. The maximum absolute atomic E-state index is 11.4. The minimum absolute atomic E-state index is 0.0440. The van der Waals surface area contributed by atoms with Gasteiger partial charge in [0.05, 0.1) is 66.3 Å². The fourth-order valence-corrected chi connectivity index (χ4v) is 5.21. The standard InChI is InChI=1S/C9H15BrO4.C8H16O2.C7H13BrO2.C7H14O2.C6H11BrO2.C6H10O4/c1-9(5-4-6-10,7(11)13-2)8(12)14-3;1-4-5-6-7(2)8(9)10-3;1-6(4-3-5-8)7(9)10-2;1-3-4-5-6(2)7(8)9;1-5(6(8)9)3-2-4-7;1-4(5(7)9-2)6(8)10-3/h4-6H2,1-3H3;7H,4-6H2,1-3H3;6H,3-5H2,1-2H3;6H,3-5H2,1-2H3,(H,8,9);5H,2-4H2,1H3,(H,8,9);4H,1-3H3. The van der Waals surface area contributed by atoms with Crippen LogP contribution in [0.1, 0.15) is 132 Å². The van der Waals surface area contributed by atoms with Gasteiger partial charge in [0.2, 0.25) is 0 Å². The number of aliphatic carboxylic acids is 2. The number of hydrogen-bond acceptors (Lipinski definition) is 14. The van der Waals surface area contributed by atoms with Crippen LogP contribution in [0.25, 0.3) is 0 Å². The Balaban J connectivity index is -0.000000153. The van der Waals surface area contributed by atoms with Crippen LogP contribution >= 0.6 is 47.8 Å². The number of carbonyl (C=O) groups excluding carboxylic acids is 6. The van der Waals surface area contributed by atoms with Crippen LogP contribution in [0.2, 0.25) is 0 Å². The number of carboxylic acid groups (broad SMARTS) is 2. The van der Waals surface area contributed by atoms with Gasteiger partial charge in [-0.3, -0.25) is 38.4 Å². The molecule has 0 aromatic heterocycles. The second kappa shape index (κ2) is 47.7. The average Bonchev–Trinajstić information content (AvgIpc) is 3.28. The molecule has 0 aliphatic heterocycles. The maximum atomic E-state index is 11.4. The summed E-state index contributed by atoms with van der Waals surface area (Å²) in [6.07, 6.45) is 10.9. The third-order valence-corrected chi connectivity index (χ3v) is 10.4. The van der Waals surface area contributed by atoms with Crippen LogP contribution in [0.3, 0.4) is 0 Å². The Bertz CT molecular complexity index is 1120. The van der Waals surface area contributed by atoms with Gasteiger partial charge in [-0.1, -0.05) is 115 Å². The highest BCUT2D eigenvalue weighted by atomic mass is 79.9. The molecule has 0 rings (SSSR count). The van der Waals surface area contributed by atoms with Crippen LogP contribution in [0.15, 0.2) is 0 Å². The summed E-state index contributed by atoms with van der Waals surface area (Å²) < 4.78 is 26.9. The van der Waals surface area contributed by atoms with Gasteiger partial charge in [0.25, 0.3) is 0 Å². The fourth-order valence-electron chi connectivity index (χ4n) is 4.28. The molecule has 0 aromatic rings. The molecule has 0 bridgehead atoms. The number of carbonyl (C=O) groups is 8. The number of carboxylic acids is 2. The number of rotatable bonds is 23. The minimum atomic E-state index is -1.18. The topological polar surface area (TPSA) is 232 Å². The lowest BCUT2D eigenvalue weighted by Gasteiger charge is -2.22. The summed E-state index contributed by atoms with van der Waals surface area (Å²) in [6, 6.07) is 0. The third-order valence-electron chi connectivity index (χ3n) is 8.76. The van der Waals surface area contributed by atoms with Gasteiger partial charge in [-0.25, -0.2) is 0 Å². The van der Waals surface area contributed by atoms with Crippen molar-refractivity contribution in [3.63, 3.8) is 0 Å². The van der Waals surface area contributed by atoms with E-state index in [4.69, 9.17) is 10.2 Å². The average molecular weight is 1090 g/mol. The Morgan fingerprint density at radius 2 is 0.726 bits per heavy atom. The molecule has 0 aliphatic carbocycles. The monoisotopic (exact) mass is 1090 g/mol. The molecule has 16 nitrogen and oxygen atoms in total. The lowest BCUT2D eigenvalue weighted by atomic mass is 9.86. The van der Waals surface area contributed by atoms with E-state index < -0.39 is 47.1 Å². The summed E-state index contributed by atoms with van der Waals surface area (Å²) in [4.78, 5) is 86.0. The van der Waals surface area contributed by atoms with Crippen LogP contribution in [-0.4, -0.2) is 117 Å². The smallest absolute Gasteiger partial charge is 0.322 e. The highest BCUT2D eigenvalue weighted by Gasteiger charge is 2.42. The molecule has 4 unspecified atom stereocenters. The lowest BCUT2D eigenvalue weighted by molar-refractivity contribution is -0.168. The molecule has 0 aliphatic rings. The van der Waals surface area contributed by atoms with Crippen molar-refractivity contribution in [1.82, 2.24) is 0 Å². The first-order valence-corrected chi connectivity index (χ1v) is 23.9. The summed E-state index contributed by atoms with van der Waals surface area (Å²) >= 11 is 9.77. The van der Waals surface area contributed by atoms with E-state index in [0.29, 0.717) is 12.8 Å². The minimum Gasteiger partial charge on any atom is -0.481 e. The van der Waals surface area contributed by atoms with E-state index in [-0.39, 0.29) is 35.6 Å². The highest BCUT2D eigenvalue weighted by molar-refractivity contribution is 9.09. The second-order valence-electron chi connectivity index (χ2n) is 14.1. The van der Waals surface area contributed by atoms with Crippen LogP contribution in [-0.2, 0) is 66.8 Å². The molecule has 0 aromatic carbocycles. The molecule has 4 atom stereocenters. The van der Waals surface area contributed by atoms with Gasteiger partial charge in [0.1, 0.15) is 0 Å². The Kier molecular flexibility index (Phi) is 54.5. The highest BCUT2D eigenvalue weighted by Crippen LogP contribution is 2.27. The summed E-state index contributed by atoms with van der Waals surface area (Å²) in [7, 11) is 7.83. The van der Waals surface area contributed by atoms with Crippen LogP contribution < -0.4 is 0 Å². The van der Waals surface area contributed by atoms with Crippen molar-refractivity contribution in [3.8, 4) is 0 Å². The molecule has 368 valence electrons. The lowest BCUT2D eigenvalue weighted by Crippen LogP contribution is -2.38. The number of ether oxygens (including phenoxy) is 6. The van der Waals surface area contributed by atoms with Crippen molar-refractivity contribution in [1.29, 1.82) is 0 Å². The SMILES string of the molecule is CC(CCCBr)C(=O)O.CCCCC(C)C(=O)O.CCCCC(C)C(=O)OC.COC(=O)C(C)(CCCBr)C(=O)OC.COC(=O)C(C)C(=O)OC.COC(=O)C(C)CCCBr. The molecule has 0 saturated carbocycles. The number of hydrogen-bond donors (Lipinski definition) is 2. The van der Waals surface area contributed by atoms with Gasteiger partial charge in [-0.15, -0.1) is 0 Å². The normalized spacial score (nSPS) is 11.8. The fraction of sp³-hybridized carbons (Fsp3) is 0.814. The zero-order chi connectivity index (χ0) is 49.9. The van der Waals surface area contributed by atoms with Gasteiger partial charge in [0, 0.05) is 16.0 Å². The van der Waals surface area contributed by atoms with Gasteiger partial charge in [-0.05, 0) is 65.2 Å². The molecule has 0 amide bonds. The van der Waals surface area contributed by atoms with Crippen molar-refractivity contribution in [3.05, 3.63) is 0 Å². The van der Waals surface area contributed by atoms with E-state index in [1.165, 1.54) is 56.5 Å². The van der Waals surface area contributed by atoms with Gasteiger partial charge >= 0.3 is 47.8 Å². The predicted octanol–water partition coefficient (Wildman–Crippen LogP) is 9.22. The molecule has 0 spiro atoms. The van der Waals surface area contributed by atoms with E-state index in [1.54, 1.807) is 13.8 Å².